The summed E-state index contributed by atoms with van der Waals surface area (Å²) in [5, 5.41) is 0. The van der Waals surface area contributed by atoms with Crippen LogP contribution in [0.25, 0.3) is 0 Å². The SMILES string of the molecule is CC1CCC(C2CCC(C(=O)Oc3cc(F)c(F)c(F)c3)CC2)CC1.[HH].[HH]. The van der Waals surface area contributed by atoms with Gasteiger partial charge in [-0.2, -0.15) is 0 Å². The molecule has 1 aromatic carbocycles. The summed E-state index contributed by atoms with van der Waals surface area (Å²) in [6.07, 6.45) is 8.69. The quantitative estimate of drug-likeness (QED) is 0.369. The zero-order valence-corrected chi connectivity index (χ0v) is 14.6. The maximum Gasteiger partial charge on any atom is 0.314 e. The average molecular weight is 358 g/mol. The Kier molecular flexibility index (Phi) is 5.70. The van der Waals surface area contributed by atoms with Gasteiger partial charge in [0.25, 0.3) is 0 Å². The van der Waals surface area contributed by atoms with Crippen LogP contribution in [0.4, 0.5) is 13.2 Å². The molecule has 0 saturated heterocycles. The van der Waals surface area contributed by atoms with Crippen molar-refractivity contribution >= 4 is 5.97 Å². The van der Waals surface area contributed by atoms with Crippen molar-refractivity contribution in [3.05, 3.63) is 29.6 Å². The van der Waals surface area contributed by atoms with Gasteiger partial charge >= 0.3 is 5.97 Å². The number of halogens is 3. The molecule has 0 atom stereocenters. The van der Waals surface area contributed by atoms with E-state index in [9.17, 15) is 18.0 Å². The molecule has 0 amide bonds. The highest BCUT2D eigenvalue weighted by atomic mass is 19.2. The van der Waals surface area contributed by atoms with Crippen LogP contribution >= 0.6 is 0 Å². The van der Waals surface area contributed by atoms with Crippen molar-refractivity contribution in [2.24, 2.45) is 23.7 Å². The van der Waals surface area contributed by atoms with E-state index >= 15 is 0 Å². The highest BCUT2D eigenvalue weighted by Crippen LogP contribution is 2.41. The average Bonchev–Trinajstić information content (AvgIpc) is 2.60. The molecule has 0 aromatic heterocycles. The zero-order valence-electron chi connectivity index (χ0n) is 14.6. The Hall–Kier alpha value is -1.52. The Morgan fingerprint density at radius 3 is 1.92 bits per heavy atom. The first-order valence-corrected chi connectivity index (χ1v) is 9.30. The Morgan fingerprint density at radius 2 is 1.40 bits per heavy atom. The molecule has 0 heterocycles. The molecule has 2 fully saturated rings. The van der Waals surface area contributed by atoms with Crippen LogP contribution in [0.5, 0.6) is 5.75 Å². The largest absolute Gasteiger partial charge is 0.426 e. The molecule has 0 radical (unpaired) electrons. The van der Waals surface area contributed by atoms with Crippen molar-refractivity contribution < 1.29 is 25.6 Å². The van der Waals surface area contributed by atoms with E-state index in [1.54, 1.807) is 0 Å². The maximum absolute atomic E-state index is 13.2. The minimum absolute atomic E-state index is 0. The summed E-state index contributed by atoms with van der Waals surface area (Å²) in [6, 6.07) is 1.43. The number of carbonyl (C=O) groups is 1. The van der Waals surface area contributed by atoms with Gasteiger partial charge in [-0.15, -0.1) is 0 Å². The van der Waals surface area contributed by atoms with Gasteiger partial charge in [0.2, 0.25) is 0 Å². The van der Waals surface area contributed by atoms with Crippen LogP contribution in [0, 0.1) is 41.1 Å². The second-order valence-electron chi connectivity index (χ2n) is 7.75. The molecule has 0 unspecified atom stereocenters. The first-order chi connectivity index (χ1) is 11.9. The monoisotopic (exact) mass is 358 g/mol. The lowest BCUT2D eigenvalue weighted by molar-refractivity contribution is -0.140. The Labute approximate surface area is 149 Å². The Balaban J connectivity index is 0.00000182. The highest BCUT2D eigenvalue weighted by molar-refractivity contribution is 5.75. The van der Waals surface area contributed by atoms with Gasteiger partial charge in [0.1, 0.15) is 5.75 Å². The third-order valence-electron chi connectivity index (χ3n) is 6.01. The summed E-state index contributed by atoms with van der Waals surface area (Å²) in [6.45, 7) is 2.31. The zero-order chi connectivity index (χ0) is 18.0. The molecule has 3 rings (SSSR count). The van der Waals surface area contributed by atoms with Gasteiger partial charge in [-0.05, 0) is 56.3 Å². The third kappa shape index (κ3) is 4.36. The van der Waals surface area contributed by atoms with Crippen LogP contribution in [0.15, 0.2) is 12.1 Å². The molecule has 2 aliphatic carbocycles. The third-order valence-corrected chi connectivity index (χ3v) is 6.01. The van der Waals surface area contributed by atoms with Gasteiger partial charge in [0.15, 0.2) is 17.5 Å². The van der Waals surface area contributed by atoms with E-state index in [1.807, 2.05) is 0 Å². The van der Waals surface area contributed by atoms with E-state index < -0.39 is 23.4 Å². The number of carbonyl (C=O) groups excluding carboxylic acids is 1. The summed E-state index contributed by atoms with van der Waals surface area (Å²) in [4.78, 5) is 12.2. The smallest absolute Gasteiger partial charge is 0.314 e. The van der Waals surface area contributed by atoms with Crippen LogP contribution in [0.1, 0.15) is 61.1 Å². The fourth-order valence-electron chi connectivity index (χ4n) is 4.37. The molecule has 1 aromatic rings. The summed E-state index contributed by atoms with van der Waals surface area (Å²) < 4.78 is 44.5. The number of ether oxygens (including phenoxy) is 1. The normalized spacial score (nSPS) is 30.1. The molecular formula is C20H29F3O2. The highest BCUT2D eigenvalue weighted by Gasteiger charge is 2.33. The summed E-state index contributed by atoms with van der Waals surface area (Å²) in [5.41, 5.74) is 0. The minimum atomic E-state index is -1.55. The maximum atomic E-state index is 13.2. The molecule has 0 spiro atoms. The minimum Gasteiger partial charge on any atom is -0.426 e. The van der Waals surface area contributed by atoms with Crippen molar-refractivity contribution in [2.75, 3.05) is 0 Å². The van der Waals surface area contributed by atoms with E-state index in [4.69, 9.17) is 4.74 Å². The number of hydrogen-bond acceptors (Lipinski definition) is 2. The molecule has 2 saturated carbocycles. The first-order valence-electron chi connectivity index (χ1n) is 9.30. The van der Waals surface area contributed by atoms with Crippen molar-refractivity contribution in [1.29, 1.82) is 0 Å². The molecule has 25 heavy (non-hydrogen) atoms. The lowest BCUT2D eigenvalue weighted by atomic mass is 9.69. The Bertz CT molecular complexity index is 603. The molecule has 0 bridgehead atoms. The van der Waals surface area contributed by atoms with Crippen LogP contribution < -0.4 is 4.74 Å². The topological polar surface area (TPSA) is 26.3 Å². The predicted molar refractivity (Wildman–Crippen MR) is 92.7 cm³/mol. The summed E-state index contributed by atoms with van der Waals surface area (Å²) in [5.74, 6) is -2.95. The van der Waals surface area contributed by atoms with E-state index in [0.717, 1.165) is 37.5 Å². The molecule has 0 N–H and O–H groups in total. The van der Waals surface area contributed by atoms with Gasteiger partial charge in [-0.1, -0.05) is 19.8 Å². The lowest BCUT2D eigenvalue weighted by Crippen LogP contribution is -2.29. The lowest BCUT2D eigenvalue weighted by Gasteiger charge is -2.36. The van der Waals surface area contributed by atoms with Crippen molar-refractivity contribution in [3.8, 4) is 5.75 Å². The number of benzene rings is 1. The second kappa shape index (κ2) is 7.79. The Morgan fingerprint density at radius 1 is 0.920 bits per heavy atom. The van der Waals surface area contributed by atoms with Crippen molar-refractivity contribution in [3.63, 3.8) is 0 Å². The van der Waals surface area contributed by atoms with E-state index in [0.29, 0.717) is 18.1 Å². The van der Waals surface area contributed by atoms with Crippen LogP contribution in [-0.4, -0.2) is 5.97 Å². The van der Waals surface area contributed by atoms with Gasteiger partial charge < -0.3 is 4.74 Å². The van der Waals surface area contributed by atoms with Crippen LogP contribution in [-0.2, 0) is 4.79 Å². The van der Waals surface area contributed by atoms with E-state index in [-0.39, 0.29) is 14.5 Å². The fourth-order valence-corrected chi connectivity index (χ4v) is 4.37. The predicted octanol–water partition coefficient (Wildman–Crippen LogP) is 6.13. The summed E-state index contributed by atoms with van der Waals surface area (Å²) in [7, 11) is 0. The molecule has 142 valence electrons. The molecule has 2 nitrogen and oxygen atoms in total. The van der Waals surface area contributed by atoms with Gasteiger partial charge in [-0.25, -0.2) is 13.2 Å². The first kappa shape index (κ1) is 18.3. The number of rotatable bonds is 3. The number of hydrogen-bond donors (Lipinski definition) is 0. The van der Waals surface area contributed by atoms with Gasteiger partial charge in [0.05, 0.1) is 5.92 Å². The summed E-state index contributed by atoms with van der Waals surface area (Å²) >= 11 is 0. The number of esters is 1. The standard InChI is InChI=1S/C20H25F3O2.2H2/c1-12-2-4-13(5-3-12)14-6-8-15(9-7-14)20(24)25-16-10-17(21)19(23)18(22)11-16;;/h10-15H,2-9H2,1H3;2*1H. The van der Waals surface area contributed by atoms with E-state index in [2.05, 4.69) is 6.92 Å². The molecular weight excluding hydrogens is 329 g/mol. The van der Waals surface area contributed by atoms with Gasteiger partial charge in [0, 0.05) is 15.0 Å². The van der Waals surface area contributed by atoms with E-state index in [1.165, 1.54) is 25.7 Å². The van der Waals surface area contributed by atoms with Crippen LogP contribution in [0.3, 0.4) is 0 Å². The van der Waals surface area contributed by atoms with Crippen molar-refractivity contribution in [1.82, 2.24) is 0 Å². The van der Waals surface area contributed by atoms with Gasteiger partial charge in [-0.3, -0.25) is 4.79 Å². The fraction of sp³-hybridized carbons (Fsp3) is 0.650. The van der Waals surface area contributed by atoms with Crippen LogP contribution in [0.2, 0.25) is 0 Å². The second-order valence-corrected chi connectivity index (χ2v) is 7.75. The van der Waals surface area contributed by atoms with Crippen molar-refractivity contribution in [2.45, 2.75) is 58.3 Å². The molecule has 2 aliphatic rings. The molecule has 0 aliphatic heterocycles. The molecule has 5 heteroatoms.